The maximum atomic E-state index is 10.4. The standard InChI is InChI=1S/C7H17NO6S.C7H17NO4S/c1-14-7(5-9,6-10)8-3-2-4-15(11,12)13;1-12-7(5-9,6-10)8-3-2-4-13-11/h8-10H,2-6H2,1H3,(H,11,12,13);8-11H,2-6H2,1H3/p-1. The van der Waals surface area contributed by atoms with Gasteiger partial charge in [-0.05, 0) is 31.7 Å². The summed E-state index contributed by atoms with van der Waals surface area (Å²) in [6.45, 7) is -0.758. The SMILES string of the molecule is COC(CO)(CO)NCCCS(=O)(=O)O.COC(CO)(CO)NCCCS[O-]. The Morgan fingerprint density at radius 2 is 1.29 bits per heavy atom. The molecule has 0 aromatic rings. The molecule has 0 unspecified atom stereocenters. The van der Waals surface area contributed by atoms with Crippen molar-refractivity contribution in [1.82, 2.24) is 10.6 Å². The summed E-state index contributed by atoms with van der Waals surface area (Å²) in [6, 6.07) is 0. The van der Waals surface area contributed by atoms with Gasteiger partial charge in [0.15, 0.2) is 11.4 Å². The van der Waals surface area contributed by atoms with Crippen molar-refractivity contribution in [2.45, 2.75) is 24.3 Å². The maximum absolute atomic E-state index is 10.4. The molecule has 0 aromatic heterocycles. The predicted molar refractivity (Wildman–Crippen MR) is 103 cm³/mol. The van der Waals surface area contributed by atoms with Crippen LogP contribution < -0.4 is 10.6 Å². The minimum Gasteiger partial charge on any atom is -0.799 e. The Bertz CT molecular complexity index is 443. The quantitative estimate of drug-likeness (QED) is 0.0553. The molecule has 0 heterocycles. The highest BCUT2D eigenvalue weighted by molar-refractivity contribution is 7.93. The van der Waals surface area contributed by atoms with E-state index >= 15 is 0 Å². The number of methoxy groups -OCH3 is 2. The summed E-state index contributed by atoms with van der Waals surface area (Å²) in [4.78, 5) is 0. The summed E-state index contributed by atoms with van der Waals surface area (Å²) in [5.74, 6) is 0.125. The van der Waals surface area contributed by atoms with Crippen LogP contribution in [0, 0.1) is 0 Å². The molecule has 0 aliphatic rings. The van der Waals surface area contributed by atoms with Crippen LogP contribution in [0.3, 0.4) is 0 Å². The molecule has 0 fully saturated rings. The first-order valence-electron chi connectivity index (χ1n) is 8.37. The van der Waals surface area contributed by atoms with Gasteiger partial charge >= 0.3 is 0 Å². The lowest BCUT2D eigenvalue weighted by Gasteiger charge is -2.29. The van der Waals surface area contributed by atoms with Crippen LogP contribution in [-0.2, 0) is 19.6 Å². The van der Waals surface area contributed by atoms with E-state index in [0.717, 1.165) is 0 Å². The van der Waals surface area contributed by atoms with Gasteiger partial charge in [-0.2, -0.15) is 8.42 Å². The first-order chi connectivity index (χ1) is 13.1. The molecule has 0 saturated carbocycles. The van der Waals surface area contributed by atoms with Crippen molar-refractivity contribution in [3.05, 3.63) is 0 Å². The van der Waals surface area contributed by atoms with Crippen LogP contribution in [0.1, 0.15) is 12.8 Å². The number of hydrogen-bond acceptors (Lipinski definition) is 12. The van der Waals surface area contributed by atoms with Gasteiger partial charge in [-0.1, -0.05) is 0 Å². The molecule has 0 amide bonds. The van der Waals surface area contributed by atoms with E-state index in [1.165, 1.54) is 14.2 Å². The largest absolute Gasteiger partial charge is 0.799 e. The number of nitrogens with one attached hydrogen (secondary N) is 2. The molecule has 0 spiro atoms. The summed E-state index contributed by atoms with van der Waals surface area (Å²) >= 11 is 0.519. The Kier molecular flexibility index (Phi) is 17.9. The van der Waals surface area contributed by atoms with Gasteiger partial charge in [0.25, 0.3) is 10.1 Å². The van der Waals surface area contributed by atoms with Gasteiger partial charge in [-0.15, -0.1) is 0 Å². The summed E-state index contributed by atoms with van der Waals surface area (Å²) in [6.07, 6.45) is 0.837. The molecule has 0 atom stereocenters. The summed E-state index contributed by atoms with van der Waals surface area (Å²) < 4.78 is 48.9. The third-order valence-electron chi connectivity index (χ3n) is 3.68. The second kappa shape index (κ2) is 16.7. The van der Waals surface area contributed by atoms with Gasteiger partial charge in [0.1, 0.15) is 0 Å². The zero-order valence-electron chi connectivity index (χ0n) is 16.2. The van der Waals surface area contributed by atoms with Gasteiger partial charge in [0.05, 0.1) is 32.2 Å². The molecule has 0 aromatic carbocycles. The van der Waals surface area contributed by atoms with Gasteiger partial charge in [0, 0.05) is 14.2 Å². The van der Waals surface area contributed by atoms with E-state index < -0.39 is 34.8 Å². The lowest BCUT2D eigenvalue weighted by Crippen LogP contribution is -2.53. The fourth-order valence-electron chi connectivity index (χ4n) is 1.74. The maximum Gasteiger partial charge on any atom is 0.264 e. The average molecular weight is 454 g/mol. The number of hydrogen-bond donors (Lipinski definition) is 7. The normalized spacial score (nSPS) is 12.6. The van der Waals surface area contributed by atoms with E-state index in [1.54, 1.807) is 0 Å². The van der Waals surface area contributed by atoms with E-state index in [9.17, 15) is 13.0 Å². The summed E-state index contributed by atoms with van der Waals surface area (Å²) in [7, 11) is -1.26. The zero-order valence-corrected chi connectivity index (χ0v) is 17.8. The molecular weight excluding hydrogens is 420 g/mol. The van der Waals surface area contributed by atoms with E-state index in [1.807, 2.05) is 0 Å². The van der Waals surface area contributed by atoms with Crippen molar-refractivity contribution in [3.8, 4) is 0 Å². The molecule has 14 heteroatoms. The van der Waals surface area contributed by atoms with Crippen LogP contribution in [0.5, 0.6) is 0 Å². The number of ether oxygens (including phenoxy) is 2. The number of aliphatic hydroxyl groups is 4. The topological polar surface area (TPSA) is 201 Å². The molecule has 12 nitrogen and oxygen atoms in total. The van der Waals surface area contributed by atoms with E-state index in [0.29, 0.717) is 30.8 Å². The van der Waals surface area contributed by atoms with E-state index in [4.69, 9.17) is 34.5 Å². The third-order valence-corrected chi connectivity index (χ3v) is 4.94. The first kappa shape index (κ1) is 30.1. The van der Waals surface area contributed by atoms with E-state index in [2.05, 4.69) is 10.6 Å². The highest BCUT2D eigenvalue weighted by Crippen LogP contribution is 2.04. The third kappa shape index (κ3) is 14.0. The van der Waals surface area contributed by atoms with Gasteiger partial charge in [-0.25, -0.2) is 0 Å². The predicted octanol–water partition coefficient (Wildman–Crippen LogP) is -2.66. The lowest BCUT2D eigenvalue weighted by molar-refractivity contribution is -0.107. The van der Waals surface area contributed by atoms with Crippen molar-refractivity contribution in [2.24, 2.45) is 0 Å². The molecular formula is C14H33N2O10S2-. The molecule has 0 saturated heterocycles. The van der Waals surface area contributed by atoms with Crippen LogP contribution in [0.4, 0.5) is 0 Å². The van der Waals surface area contributed by atoms with Gasteiger partial charge in [-0.3, -0.25) is 27.2 Å². The first-order valence-corrected chi connectivity index (χ1v) is 10.9. The number of rotatable bonds is 16. The van der Waals surface area contributed by atoms with E-state index in [-0.39, 0.29) is 31.9 Å². The molecule has 0 bridgehead atoms. The Morgan fingerprint density at radius 1 is 0.893 bits per heavy atom. The lowest BCUT2D eigenvalue weighted by atomic mass is 10.2. The van der Waals surface area contributed by atoms with Crippen LogP contribution in [0.25, 0.3) is 0 Å². The monoisotopic (exact) mass is 453 g/mol. The van der Waals surface area contributed by atoms with Crippen LogP contribution in [0.15, 0.2) is 0 Å². The second-order valence-electron chi connectivity index (χ2n) is 5.70. The van der Waals surface area contributed by atoms with Crippen molar-refractivity contribution in [3.63, 3.8) is 0 Å². The molecule has 172 valence electrons. The fraction of sp³-hybridized carbons (Fsp3) is 1.00. The Morgan fingerprint density at radius 3 is 1.57 bits per heavy atom. The molecule has 0 rings (SSSR count). The smallest absolute Gasteiger partial charge is 0.264 e. The Hall–Kier alpha value is -0.100. The van der Waals surface area contributed by atoms with Crippen molar-refractivity contribution in [1.29, 1.82) is 0 Å². The summed E-state index contributed by atoms with van der Waals surface area (Å²) in [5, 5.41) is 41.2. The van der Waals surface area contributed by atoms with Crippen molar-refractivity contribution < 1.29 is 47.4 Å². The highest BCUT2D eigenvalue weighted by Gasteiger charge is 2.27. The zero-order chi connectivity index (χ0) is 22.1. The van der Waals surface area contributed by atoms with Crippen molar-refractivity contribution in [2.75, 3.05) is 65.2 Å². The van der Waals surface area contributed by atoms with Crippen molar-refractivity contribution >= 4 is 22.2 Å². The Labute approximate surface area is 170 Å². The Balaban J connectivity index is 0. The minimum absolute atomic E-state index is 0.157. The molecule has 0 aliphatic carbocycles. The minimum atomic E-state index is -3.97. The fourth-order valence-corrected chi connectivity index (χ4v) is 2.52. The van der Waals surface area contributed by atoms with Crippen LogP contribution in [0.2, 0.25) is 0 Å². The van der Waals surface area contributed by atoms with Gasteiger partial charge < -0.3 is 34.5 Å². The molecule has 0 radical (unpaired) electrons. The average Bonchev–Trinajstić information content (AvgIpc) is 2.69. The molecule has 28 heavy (non-hydrogen) atoms. The summed E-state index contributed by atoms with van der Waals surface area (Å²) in [5.41, 5.74) is -2.34. The highest BCUT2D eigenvalue weighted by atomic mass is 32.2. The van der Waals surface area contributed by atoms with Gasteiger partial charge in [0.2, 0.25) is 0 Å². The molecule has 0 aliphatic heterocycles. The second-order valence-corrected chi connectivity index (χ2v) is 7.91. The number of aliphatic hydroxyl groups excluding tert-OH is 4. The molecule has 7 N–H and O–H groups in total. The van der Waals surface area contributed by atoms with Crippen LogP contribution >= 0.6 is 12.0 Å². The van der Waals surface area contributed by atoms with Crippen LogP contribution in [-0.4, -0.2) is 115 Å².